The smallest absolute Gasteiger partial charge is 0.00929 e. The standard InChI is InChI=1S/C39H64/c1-20-25(26-22-21-23-28(34(2,3)4)30(26)36(8,9)10)27-24-29(35(5,6)7)32(38(14,15)16)33(39(17,18)19)31(27)37(11,12)13/h21-25H,20H2,1-19H3. The largest absolute Gasteiger partial charge is 0.0645 e. The molecule has 1 unspecified atom stereocenters. The highest BCUT2D eigenvalue weighted by atomic mass is 14.4. The van der Waals surface area contributed by atoms with Crippen LogP contribution in [0.5, 0.6) is 0 Å². The van der Waals surface area contributed by atoms with E-state index in [0.717, 1.165) is 6.42 Å². The molecule has 2 rings (SSSR count). The Hall–Kier alpha value is -1.56. The second-order valence-electron chi connectivity index (χ2n) is 18.4. The monoisotopic (exact) mass is 533 g/mol. The van der Waals surface area contributed by atoms with Crippen LogP contribution >= 0.6 is 0 Å². The number of benzene rings is 2. The van der Waals surface area contributed by atoms with E-state index in [1.807, 2.05) is 0 Å². The van der Waals surface area contributed by atoms with Gasteiger partial charge in [0.15, 0.2) is 0 Å². The minimum Gasteiger partial charge on any atom is -0.0645 e. The van der Waals surface area contributed by atoms with Crippen LogP contribution in [0, 0.1) is 0 Å². The predicted molar refractivity (Wildman–Crippen MR) is 177 cm³/mol. The molecule has 0 aromatic heterocycles. The quantitative estimate of drug-likeness (QED) is 0.369. The molecule has 0 fully saturated rings. The van der Waals surface area contributed by atoms with Crippen LogP contribution in [0.2, 0.25) is 0 Å². The van der Waals surface area contributed by atoms with Gasteiger partial charge < -0.3 is 0 Å². The summed E-state index contributed by atoms with van der Waals surface area (Å²) < 4.78 is 0. The van der Waals surface area contributed by atoms with E-state index >= 15 is 0 Å². The zero-order chi connectivity index (χ0) is 30.7. The normalized spacial score (nSPS) is 15.1. The van der Waals surface area contributed by atoms with E-state index in [0.29, 0.717) is 5.92 Å². The number of hydrogen-bond acceptors (Lipinski definition) is 0. The second kappa shape index (κ2) is 10.4. The molecule has 0 nitrogen and oxygen atoms in total. The van der Waals surface area contributed by atoms with Gasteiger partial charge in [-0.2, -0.15) is 0 Å². The first-order valence-electron chi connectivity index (χ1n) is 15.5. The summed E-state index contributed by atoms with van der Waals surface area (Å²) in [6.45, 7) is 45.8. The average Bonchev–Trinajstić information content (AvgIpc) is 2.68. The fourth-order valence-corrected chi connectivity index (χ4v) is 6.84. The van der Waals surface area contributed by atoms with E-state index < -0.39 is 0 Å². The van der Waals surface area contributed by atoms with Gasteiger partial charge in [-0.3, -0.25) is 0 Å². The molecule has 0 saturated heterocycles. The summed E-state index contributed by atoms with van der Waals surface area (Å²) in [7, 11) is 0. The summed E-state index contributed by atoms with van der Waals surface area (Å²) in [5, 5.41) is 0. The summed E-state index contributed by atoms with van der Waals surface area (Å²) in [5.74, 6) is 0.340. The topological polar surface area (TPSA) is 0 Å². The highest BCUT2D eigenvalue weighted by Crippen LogP contribution is 2.51. The molecule has 0 bridgehead atoms. The molecule has 0 saturated carbocycles. The summed E-state index contributed by atoms with van der Waals surface area (Å²) in [6, 6.07) is 9.80. The van der Waals surface area contributed by atoms with Gasteiger partial charge in [0, 0.05) is 5.92 Å². The van der Waals surface area contributed by atoms with Crippen molar-refractivity contribution in [2.75, 3.05) is 0 Å². The molecule has 0 aliphatic rings. The van der Waals surface area contributed by atoms with Crippen molar-refractivity contribution in [3.05, 3.63) is 68.8 Å². The highest BCUT2D eigenvalue weighted by molar-refractivity contribution is 5.60. The van der Waals surface area contributed by atoms with Gasteiger partial charge in [0.1, 0.15) is 0 Å². The van der Waals surface area contributed by atoms with E-state index in [2.05, 4.69) is 156 Å². The van der Waals surface area contributed by atoms with Crippen molar-refractivity contribution >= 4 is 0 Å². The molecular weight excluding hydrogens is 468 g/mol. The van der Waals surface area contributed by atoms with Crippen LogP contribution in [-0.2, 0) is 32.5 Å². The summed E-state index contributed by atoms with van der Waals surface area (Å²) in [5.41, 5.74) is 12.6. The van der Waals surface area contributed by atoms with Gasteiger partial charge in [-0.05, 0) is 83.4 Å². The van der Waals surface area contributed by atoms with Crippen LogP contribution in [-0.4, -0.2) is 0 Å². The molecule has 1 atom stereocenters. The van der Waals surface area contributed by atoms with E-state index in [-0.39, 0.29) is 32.5 Å². The molecule has 2 aromatic rings. The molecule has 39 heavy (non-hydrogen) atoms. The van der Waals surface area contributed by atoms with Crippen LogP contribution in [0.3, 0.4) is 0 Å². The van der Waals surface area contributed by atoms with Crippen molar-refractivity contribution in [3.63, 3.8) is 0 Å². The van der Waals surface area contributed by atoms with Crippen LogP contribution < -0.4 is 0 Å². The van der Waals surface area contributed by atoms with Gasteiger partial charge in [0.25, 0.3) is 0 Å². The molecular formula is C39H64. The zero-order valence-corrected chi connectivity index (χ0v) is 29.6. The molecule has 0 heterocycles. The van der Waals surface area contributed by atoms with Gasteiger partial charge in [0.2, 0.25) is 0 Å². The summed E-state index contributed by atoms with van der Waals surface area (Å²) in [4.78, 5) is 0. The van der Waals surface area contributed by atoms with Crippen molar-refractivity contribution in [2.24, 2.45) is 0 Å². The summed E-state index contributed by atoms with van der Waals surface area (Å²) >= 11 is 0. The van der Waals surface area contributed by atoms with Gasteiger partial charge in [-0.1, -0.05) is 156 Å². The SMILES string of the molecule is CCC(c1cccc(C(C)(C)C)c1C(C)(C)C)c1cc(C(C)(C)C)c(C(C)(C)C)c(C(C)(C)C)c1C(C)(C)C. The lowest BCUT2D eigenvalue weighted by atomic mass is 9.61. The second-order valence-corrected chi connectivity index (χ2v) is 18.4. The molecule has 0 amide bonds. The lowest BCUT2D eigenvalue weighted by molar-refractivity contribution is 0.470. The molecule has 0 aliphatic carbocycles. The molecule has 0 aliphatic heterocycles. The Balaban J connectivity index is 3.33. The van der Waals surface area contributed by atoms with Gasteiger partial charge in [-0.25, -0.2) is 0 Å². The molecule has 2 aromatic carbocycles. The Labute approximate surface area is 244 Å². The minimum atomic E-state index is 0.0192. The highest BCUT2D eigenvalue weighted by Gasteiger charge is 2.40. The minimum absolute atomic E-state index is 0.0192. The Morgan fingerprint density at radius 3 is 1.18 bits per heavy atom. The lowest BCUT2D eigenvalue weighted by Gasteiger charge is -2.43. The maximum atomic E-state index is 2.65. The third kappa shape index (κ3) is 7.02. The van der Waals surface area contributed by atoms with Gasteiger partial charge >= 0.3 is 0 Å². The third-order valence-corrected chi connectivity index (χ3v) is 8.23. The van der Waals surface area contributed by atoms with Crippen LogP contribution in [0.1, 0.15) is 188 Å². The van der Waals surface area contributed by atoms with E-state index in [4.69, 9.17) is 0 Å². The maximum Gasteiger partial charge on any atom is 0.00929 e. The molecule has 0 heteroatoms. The Bertz CT molecular complexity index is 1160. The Morgan fingerprint density at radius 1 is 0.436 bits per heavy atom. The first kappa shape index (κ1) is 33.6. The fraction of sp³-hybridized carbons (Fsp3) is 0.692. The summed E-state index contributed by atoms with van der Waals surface area (Å²) in [6.07, 6.45) is 1.09. The Kier molecular flexibility index (Phi) is 8.94. The molecule has 0 spiro atoms. The average molecular weight is 533 g/mol. The van der Waals surface area contributed by atoms with Crippen molar-refractivity contribution in [1.82, 2.24) is 0 Å². The fourth-order valence-electron chi connectivity index (χ4n) is 6.84. The van der Waals surface area contributed by atoms with Crippen molar-refractivity contribution in [3.8, 4) is 0 Å². The van der Waals surface area contributed by atoms with Crippen molar-refractivity contribution in [1.29, 1.82) is 0 Å². The molecule has 0 radical (unpaired) electrons. The zero-order valence-electron chi connectivity index (χ0n) is 29.6. The Morgan fingerprint density at radius 2 is 0.846 bits per heavy atom. The van der Waals surface area contributed by atoms with E-state index in [9.17, 15) is 0 Å². The van der Waals surface area contributed by atoms with Gasteiger partial charge in [-0.15, -0.1) is 0 Å². The van der Waals surface area contributed by atoms with Crippen LogP contribution in [0.25, 0.3) is 0 Å². The van der Waals surface area contributed by atoms with Crippen LogP contribution in [0.4, 0.5) is 0 Å². The molecule has 0 N–H and O–H groups in total. The van der Waals surface area contributed by atoms with E-state index in [1.54, 1.807) is 27.8 Å². The van der Waals surface area contributed by atoms with E-state index in [1.165, 1.54) is 16.7 Å². The van der Waals surface area contributed by atoms with Crippen LogP contribution in [0.15, 0.2) is 24.3 Å². The predicted octanol–water partition coefficient (Wildman–Crippen LogP) is 12.0. The molecule has 220 valence electrons. The lowest BCUT2D eigenvalue weighted by Crippen LogP contribution is -2.34. The van der Waals surface area contributed by atoms with Crippen molar-refractivity contribution < 1.29 is 0 Å². The third-order valence-electron chi connectivity index (χ3n) is 8.23. The first-order chi connectivity index (χ1) is 17.1. The van der Waals surface area contributed by atoms with Crippen molar-refractivity contribution in [2.45, 2.75) is 176 Å². The first-order valence-corrected chi connectivity index (χ1v) is 15.5. The number of hydrogen-bond donors (Lipinski definition) is 0. The number of rotatable bonds is 3. The maximum absolute atomic E-state index is 2.65. The van der Waals surface area contributed by atoms with Gasteiger partial charge in [0.05, 0.1) is 0 Å².